The molecule has 0 aliphatic carbocycles. The number of piperazine rings is 1. The van der Waals surface area contributed by atoms with E-state index in [1.807, 2.05) is 20.0 Å². The fourth-order valence-corrected chi connectivity index (χ4v) is 3.99. The Morgan fingerprint density at radius 3 is 2.50 bits per heavy atom. The number of aryl methyl sites for hydroxylation is 2. The lowest BCUT2D eigenvalue weighted by Crippen LogP contribution is -2.49. The maximum absolute atomic E-state index is 14.7. The van der Waals surface area contributed by atoms with E-state index in [1.54, 1.807) is 17.9 Å². The van der Waals surface area contributed by atoms with Crippen molar-refractivity contribution in [3.8, 4) is 0 Å². The van der Waals surface area contributed by atoms with E-state index in [0.29, 0.717) is 38.4 Å². The van der Waals surface area contributed by atoms with Crippen molar-refractivity contribution in [3.63, 3.8) is 0 Å². The van der Waals surface area contributed by atoms with Crippen molar-refractivity contribution in [1.82, 2.24) is 9.88 Å². The van der Waals surface area contributed by atoms with Gasteiger partial charge in [-0.2, -0.15) is 0 Å². The summed E-state index contributed by atoms with van der Waals surface area (Å²) < 4.78 is 19.8. The second-order valence-electron chi connectivity index (χ2n) is 7.90. The first-order chi connectivity index (χ1) is 14.3. The van der Waals surface area contributed by atoms with Crippen molar-refractivity contribution >= 4 is 23.5 Å². The van der Waals surface area contributed by atoms with Crippen LogP contribution in [0.4, 0.5) is 20.7 Å². The lowest BCUT2D eigenvalue weighted by Gasteiger charge is -2.36. The van der Waals surface area contributed by atoms with Gasteiger partial charge in [-0.1, -0.05) is 6.07 Å². The van der Waals surface area contributed by atoms with Gasteiger partial charge >= 0.3 is 6.09 Å². The van der Waals surface area contributed by atoms with Crippen molar-refractivity contribution in [1.29, 1.82) is 0 Å². The van der Waals surface area contributed by atoms with Gasteiger partial charge in [-0.3, -0.25) is 9.69 Å². The van der Waals surface area contributed by atoms with Crippen LogP contribution in [0.1, 0.15) is 28.4 Å². The Morgan fingerprint density at radius 2 is 1.90 bits per heavy atom. The zero-order chi connectivity index (χ0) is 21.4. The number of anilines is 2. The van der Waals surface area contributed by atoms with Crippen LogP contribution in [0.15, 0.2) is 30.5 Å². The first-order valence-corrected chi connectivity index (χ1v) is 10.1. The minimum Gasteiger partial charge on any atom is -0.444 e. The van der Waals surface area contributed by atoms with Crippen LogP contribution in [0.5, 0.6) is 0 Å². The highest BCUT2D eigenvalue weighted by molar-refractivity contribution is 5.96. The molecule has 8 heteroatoms. The number of hydrogen-bond acceptors (Lipinski definition) is 5. The number of amides is 2. The Labute approximate surface area is 175 Å². The van der Waals surface area contributed by atoms with Gasteiger partial charge < -0.3 is 14.5 Å². The molecular formula is C22H25FN4O3. The Morgan fingerprint density at radius 1 is 1.17 bits per heavy atom. The maximum atomic E-state index is 14.7. The summed E-state index contributed by atoms with van der Waals surface area (Å²) in [5.74, 6) is -0.0528. The van der Waals surface area contributed by atoms with Gasteiger partial charge in [0.15, 0.2) is 0 Å². The monoisotopic (exact) mass is 412 g/mol. The number of benzene rings is 1. The highest BCUT2D eigenvalue weighted by Gasteiger charge is 2.31. The molecule has 1 aromatic carbocycles. The summed E-state index contributed by atoms with van der Waals surface area (Å²) in [5.41, 5.74) is 2.62. The van der Waals surface area contributed by atoms with Crippen LogP contribution in [-0.2, 0) is 4.74 Å². The second-order valence-corrected chi connectivity index (χ2v) is 7.90. The van der Waals surface area contributed by atoms with E-state index in [9.17, 15) is 14.0 Å². The molecular weight excluding hydrogens is 387 g/mol. The van der Waals surface area contributed by atoms with Crippen LogP contribution in [0.25, 0.3) is 0 Å². The molecule has 7 nitrogen and oxygen atoms in total. The molecule has 2 fully saturated rings. The Bertz CT molecular complexity index is 988. The van der Waals surface area contributed by atoms with Gasteiger partial charge in [-0.15, -0.1) is 0 Å². The molecule has 0 N–H and O–H groups in total. The van der Waals surface area contributed by atoms with E-state index in [1.165, 1.54) is 17.0 Å². The lowest BCUT2D eigenvalue weighted by molar-refractivity contribution is 0.0742. The number of aromatic nitrogens is 1. The predicted molar refractivity (Wildman–Crippen MR) is 112 cm³/mol. The van der Waals surface area contributed by atoms with Crippen LogP contribution in [0.2, 0.25) is 0 Å². The smallest absolute Gasteiger partial charge is 0.414 e. The average Bonchev–Trinajstić information content (AvgIpc) is 3.05. The standard InChI is InChI=1S/C22H25FN4O3/c1-14-10-15(2)20(24-12-14)25-6-8-26(9-7-25)21(28)18-5-4-17(11-19(18)23)27-13-16(3)30-22(27)29/h4-5,10-12,16H,6-9,13H2,1-3H3. The highest BCUT2D eigenvalue weighted by Crippen LogP contribution is 2.25. The van der Waals surface area contributed by atoms with E-state index < -0.39 is 11.9 Å². The highest BCUT2D eigenvalue weighted by atomic mass is 19.1. The fraction of sp³-hybridized carbons (Fsp3) is 0.409. The molecule has 2 saturated heterocycles. The first-order valence-electron chi connectivity index (χ1n) is 10.1. The number of hydrogen-bond donors (Lipinski definition) is 0. The average molecular weight is 412 g/mol. The van der Waals surface area contributed by atoms with E-state index in [0.717, 1.165) is 16.9 Å². The van der Waals surface area contributed by atoms with Gasteiger partial charge in [0.05, 0.1) is 17.8 Å². The Balaban J connectivity index is 1.43. The summed E-state index contributed by atoms with van der Waals surface area (Å²) in [6.07, 6.45) is 1.09. The molecule has 158 valence electrons. The molecule has 2 aromatic rings. The minimum atomic E-state index is -0.636. The van der Waals surface area contributed by atoms with Gasteiger partial charge in [0, 0.05) is 32.4 Å². The largest absolute Gasteiger partial charge is 0.444 e. The zero-order valence-electron chi connectivity index (χ0n) is 17.4. The molecule has 1 unspecified atom stereocenters. The minimum absolute atomic E-state index is 0.0115. The molecule has 0 spiro atoms. The number of rotatable bonds is 3. The van der Waals surface area contributed by atoms with Gasteiger partial charge in [-0.25, -0.2) is 14.2 Å². The Hall–Kier alpha value is -3.16. The van der Waals surface area contributed by atoms with Crippen molar-refractivity contribution in [2.24, 2.45) is 0 Å². The number of carbonyl (C=O) groups is 2. The molecule has 2 aliphatic rings. The molecule has 1 atom stereocenters. The van der Waals surface area contributed by atoms with Gasteiger partial charge in [0.25, 0.3) is 5.91 Å². The van der Waals surface area contributed by atoms with Crippen molar-refractivity contribution < 1.29 is 18.7 Å². The number of halogens is 1. The van der Waals surface area contributed by atoms with Gasteiger partial charge in [-0.05, 0) is 50.1 Å². The number of ether oxygens (including phenoxy) is 1. The molecule has 1 aromatic heterocycles. The summed E-state index contributed by atoms with van der Waals surface area (Å²) in [6.45, 7) is 8.43. The number of pyridine rings is 1. The molecule has 4 rings (SSSR count). The molecule has 2 amide bonds. The van der Waals surface area contributed by atoms with Crippen molar-refractivity contribution in [3.05, 3.63) is 53.0 Å². The third-order valence-electron chi connectivity index (χ3n) is 5.51. The van der Waals surface area contributed by atoms with Gasteiger partial charge in [0.2, 0.25) is 0 Å². The molecule has 30 heavy (non-hydrogen) atoms. The van der Waals surface area contributed by atoms with E-state index in [2.05, 4.69) is 16.0 Å². The van der Waals surface area contributed by atoms with Crippen LogP contribution in [-0.4, -0.2) is 60.7 Å². The van der Waals surface area contributed by atoms with Crippen LogP contribution in [0, 0.1) is 19.7 Å². The topological polar surface area (TPSA) is 66.0 Å². The van der Waals surface area contributed by atoms with Crippen molar-refractivity contribution in [2.75, 3.05) is 42.5 Å². The number of nitrogens with zero attached hydrogens (tertiary/aromatic N) is 4. The molecule has 2 aliphatic heterocycles. The molecule has 0 radical (unpaired) electrons. The van der Waals surface area contributed by atoms with Crippen LogP contribution in [0.3, 0.4) is 0 Å². The normalized spacial score (nSPS) is 19.3. The first kappa shape index (κ1) is 20.1. The molecule has 0 saturated carbocycles. The Kier molecular flexibility index (Phi) is 5.32. The summed E-state index contributed by atoms with van der Waals surface area (Å²) in [7, 11) is 0. The van der Waals surface area contributed by atoms with E-state index >= 15 is 0 Å². The third kappa shape index (κ3) is 3.81. The summed E-state index contributed by atoms with van der Waals surface area (Å²) in [5, 5.41) is 0. The lowest BCUT2D eigenvalue weighted by atomic mass is 10.1. The van der Waals surface area contributed by atoms with Gasteiger partial charge in [0.1, 0.15) is 17.7 Å². The summed E-state index contributed by atoms with van der Waals surface area (Å²) in [6, 6.07) is 6.35. The third-order valence-corrected chi connectivity index (χ3v) is 5.51. The molecule has 0 bridgehead atoms. The molecule has 3 heterocycles. The SMILES string of the molecule is Cc1cnc(N2CCN(C(=O)c3ccc(N4CC(C)OC4=O)cc3F)CC2)c(C)c1. The summed E-state index contributed by atoms with van der Waals surface area (Å²) in [4.78, 5) is 34.4. The quantitative estimate of drug-likeness (QED) is 0.775. The number of carbonyl (C=O) groups excluding carboxylic acids is 2. The van der Waals surface area contributed by atoms with Crippen LogP contribution < -0.4 is 9.80 Å². The van der Waals surface area contributed by atoms with Crippen molar-refractivity contribution in [2.45, 2.75) is 26.9 Å². The maximum Gasteiger partial charge on any atom is 0.414 e. The predicted octanol–water partition coefficient (Wildman–Crippen LogP) is 3.15. The number of cyclic esters (lactones) is 1. The summed E-state index contributed by atoms with van der Waals surface area (Å²) >= 11 is 0. The van der Waals surface area contributed by atoms with E-state index in [4.69, 9.17) is 4.74 Å². The zero-order valence-corrected chi connectivity index (χ0v) is 17.4. The fourth-order valence-electron chi connectivity index (χ4n) is 3.99. The second kappa shape index (κ2) is 7.93. The van der Waals surface area contributed by atoms with E-state index in [-0.39, 0.29) is 17.6 Å². The van der Waals surface area contributed by atoms with Crippen LogP contribution >= 0.6 is 0 Å².